The lowest BCUT2D eigenvalue weighted by Crippen LogP contribution is -2.60. The average molecular weight is 478 g/mol. The lowest BCUT2D eigenvalue weighted by molar-refractivity contribution is -0.144. The van der Waals surface area contributed by atoms with Gasteiger partial charge < -0.3 is 47.2 Å². The van der Waals surface area contributed by atoms with E-state index in [0.717, 1.165) is 6.92 Å². The first-order valence-corrected chi connectivity index (χ1v) is 9.38. The maximum Gasteiger partial charge on any atom is 0.326 e. The van der Waals surface area contributed by atoms with E-state index in [4.69, 9.17) is 26.2 Å². The average Bonchev–Trinajstić information content (AvgIpc) is 2.66. The lowest BCUT2D eigenvalue weighted by atomic mass is 10.1. The van der Waals surface area contributed by atoms with E-state index in [-0.39, 0.29) is 0 Å². The maximum atomic E-state index is 12.5. The summed E-state index contributed by atoms with van der Waals surface area (Å²) in [5.74, 6) is -9.59. The van der Waals surface area contributed by atoms with E-state index in [1.54, 1.807) is 0 Å². The number of carbonyl (C=O) groups is 7. The number of nitrogens with one attached hydrogen (secondary N) is 3. The van der Waals surface area contributed by atoms with Crippen LogP contribution in [0.2, 0.25) is 0 Å². The van der Waals surface area contributed by atoms with Gasteiger partial charge in [-0.15, -0.1) is 0 Å². The highest BCUT2D eigenvalue weighted by molar-refractivity contribution is 5.96. The molecule has 0 fully saturated rings. The highest BCUT2D eigenvalue weighted by atomic mass is 16.4. The van der Waals surface area contributed by atoms with Crippen molar-refractivity contribution in [3.63, 3.8) is 0 Å². The van der Waals surface area contributed by atoms with Gasteiger partial charge in [-0.2, -0.15) is 0 Å². The number of nitrogens with two attached hydrogens (primary N) is 1. The van der Waals surface area contributed by atoms with Gasteiger partial charge in [0.05, 0.1) is 25.0 Å². The van der Waals surface area contributed by atoms with Crippen LogP contribution < -0.4 is 21.7 Å². The molecule has 0 aliphatic rings. The van der Waals surface area contributed by atoms with Crippen LogP contribution in [0.1, 0.15) is 32.6 Å². The Bertz CT molecular complexity index is 784. The zero-order chi connectivity index (χ0) is 25.9. The minimum Gasteiger partial charge on any atom is -0.481 e. The first-order valence-electron chi connectivity index (χ1n) is 9.38. The molecular weight excluding hydrogens is 452 g/mol. The largest absolute Gasteiger partial charge is 0.481 e. The summed E-state index contributed by atoms with van der Waals surface area (Å²) in [7, 11) is 0. The van der Waals surface area contributed by atoms with E-state index in [1.807, 2.05) is 16.0 Å². The Labute approximate surface area is 186 Å². The minimum absolute atomic E-state index is 0.530. The van der Waals surface area contributed by atoms with Crippen LogP contribution in [0.4, 0.5) is 0 Å². The smallest absolute Gasteiger partial charge is 0.326 e. The van der Waals surface area contributed by atoms with Crippen LogP contribution in [-0.2, 0) is 33.6 Å². The molecule has 10 N–H and O–H groups in total. The zero-order valence-electron chi connectivity index (χ0n) is 17.4. The number of carboxylic acids is 4. The molecule has 16 nitrogen and oxygen atoms in total. The summed E-state index contributed by atoms with van der Waals surface area (Å²) in [6.07, 6.45) is -4.57. The van der Waals surface area contributed by atoms with Gasteiger partial charge in [-0.3, -0.25) is 28.8 Å². The van der Waals surface area contributed by atoms with Gasteiger partial charge >= 0.3 is 23.9 Å². The molecule has 186 valence electrons. The third kappa shape index (κ3) is 11.4. The van der Waals surface area contributed by atoms with Gasteiger partial charge in [0.25, 0.3) is 0 Å². The topological polar surface area (TPSA) is 283 Å². The Hall–Kier alpha value is -3.79. The number of hydrogen-bond donors (Lipinski definition) is 9. The predicted octanol–water partition coefficient (Wildman–Crippen LogP) is -3.95. The second kappa shape index (κ2) is 13.6. The second-order valence-electron chi connectivity index (χ2n) is 6.92. The van der Waals surface area contributed by atoms with Crippen LogP contribution in [0.15, 0.2) is 0 Å². The summed E-state index contributed by atoms with van der Waals surface area (Å²) in [6, 6.07) is -6.93. The van der Waals surface area contributed by atoms with Crippen LogP contribution in [0.3, 0.4) is 0 Å². The van der Waals surface area contributed by atoms with E-state index in [1.165, 1.54) is 0 Å². The highest BCUT2D eigenvalue weighted by Crippen LogP contribution is 2.03. The van der Waals surface area contributed by atoms with Crippen molar-refractivity contribution in [2.45, 2.75) is 62.9 Å². The maximum absolute atomic E-state index is 12.5. The van der Waals surface area contributed by atoms with Crippen molar-refractivity contribution in [3.8, 4) is 0 Å². The quantitative estimate of drug-likeness (QED) is 0.109. The molecular formula is C17H26N4O12. The van der Waals surface area contributed by atoms with Gasteiger partial charge in [-0.05, 0) is 13.3 Å². The molecule has 0 spiro atoms. The third-order valence-corrected chi connectivity index (χ3v) is 4.07. The Kier molecular flexibility index (Phi) is 12.0. The molecule has 0 saturated carbocycles. The summed E-state index contributed by atoms with van der Waals surface area (Å²) < 4.78 is 0. The fraction of sp³-hybridized carbons (Fsp3) is 0.588. The molecule has 5 atom stereocenters. The summed E-state index contributed by atoms with van der Waals surface area (Å²) in [5.41, 5.74) is 5.37. The van der Waals surface area contributed by atoms with E-state index in [9.17, 15) is 38.7 Å². The number of amides is 3. The van der Waals surface area contributed by atoms with Crippen molar-refractivity contribution < 1.29 is 59.1 Å². The van der Waals surface area contributed by atoms with Crippen LogP contribution in [0, 0.1) is 0 Å². The van der Waals surface area contributed by atoms with E-state index in [2.05, 4.69) is 0 Å². The number of carbonyl (C=O) groups excluding carboxylic acids is 3. The lowest BCUT2D eigenvalue weighted by Gasteiger charge is -2.25. The summed E-state index contributed by atoms with van der Waals surface area (Å²) >= 11 is 0. The molecule has 16 heteroatoms. The first kappa shape index (κ1) is 29.2. The van der Waals surface area contributed by atoms with Gasteiger partial charge in [-0.25, -0.2) is 4.79 Å². The van der Waals surface area contributed by atoms with Crippen molar-refractivity contribution in [3.05, 3.63) is 0 Å². The van der Waals surface area contributed by atoms with E-state index < -0.39 is 97.6 Å². The second-order valence-corrected chi connectivity index (χ2v) is 6.92. The van der Waals surface area contributed by atoms with E-state index in [0.29, 0.717) is 0 Å². The number of aliphatic carboxylic acids is 4. The van der Waals surface area contributed by atoms with Crippen molar-refractivity contribution in [2.24, 2.45) is 5.73 Å². The molecule has 3 amide bonds. The molecule has 0 radical (unpaired) electrons. The SMILES string of the molecule is CC(O)C(NC(=O)C(N)CC(=O)O)C(=O)NC(CC(=O)O)C(=O)NC(CCC(=O)O)C(=O)O. The molecule has 0 bridgehead atoms. The Morgan fingerprint density at radius 3 is 1.67 bits per heavy atom. The number of hydrogen-bond acceptors (Lipinski definition) is 9. The van der Waals surface area contributed by atoms with Gasteiger partial charge in [-0.1, -0.05) is 0 Å². The Balaban J connectivity index is 5.47. The number of aliphatic hydroxyl groups is 1. The standard InChI is InChI=1S/C17H26N4O12/c1-6(22)13(21-14(29)7(18)4-11(25)26)16(31)20-9(5-12(27)28)15(30)19-8(17(32)33)2-3-10(23)24/h6-9,13,22H,2-5,18H2,1H3,(H,19,30)(H,20,31)(H,21,29)(H,23,24)(H,25,26)(H,27,28)(H,32,33). The zero-order valence-corrected chi connectivity index (χ0v) is 17.4. The van der Waals surface area contributed by atoms with Crippen molar-refractivity contribution >= 4 is 41.6 Å². The molecule has 0 aromatic carbocycles. The molecule has 0 heterocycles. The normalized spacial score (nSPS) is 15.1. The van der Waals surface area contributed by atoms with Crippen molar-refractivity contribution in [1.82, 2.24) is 16.0 Å². The van der Waals surface area contributed by atoms with E-state index >= 15 is 0 Å². The highest BCUT2D eigenvalue weighted by Gasteiger charge is 2.33. The number of rotatable bonds is 15. The molecule has 5 unspecified atom stereocenters. The predicted molar refractivity (Wildman–Crippen MR) is 104 cm³/mol. The van der Waals surface area contributed by atoms with Crippen LogP contribution in [0.5, 0.6) is 0 Å². The molecule has 0 rings (SSSR count). The summed E-state index contributed by atoms with van der Waals surface area (Å²) in [5, 5.41) is 51.1. The monoisotopic (exact) mass is 478 g/mol. The molecule has 0 aliphatic heterocycles. The Morgan fingerprint density at radius 1 is 0.727 bits per heavy atom. The first-order chi connectivity index (χ1) is 15.1. The van der Waals surface area contributed by atoms with Gasteiger partial charge in [0.2, 0.25) is 17.7 Å². The molecule has 0 saturated heterocycles. The van der Waals surface area contributed by atoms with Crippen LogP contribution >= 0.6 is 0 Å². The third-order valence-electron chi connectivity index (χ3n) is 4.07. The minimum atomic E-state index is -1.87. The summed E-state index contributed by atoms with van der Waals surface area (Å²) in [4.78, 5) is 80.4. The molecule has 33 heavy (non-hydrogen) atoms. The number of aliphatic hydroxyl groups excluding tert-OH is 1. The fourth-order valence-corrected chi connectivity index (χ4v) is 2.39. The molecule has 0 aromatic rings. The van der Waals surface area contributed by atoms with Crippen molar-refractivity contribution in [1.29, 1.82) is 0 Å². The van der Waals surface area contributed by atoms with Gasteiger partial charge in [0.15, 0.2) is 0 Å². The van der Waals surface area contributed by atoms with Crippen LogP contribution in [-0.4, -0.2) is 97.4 Å². The number of carboxylic acid groups (broad SMARTS) is 4. The van der Waals surface area contributed by atoms with Gasteiger partial charge in [0, 0.05) is 6.42 Å². The van der Waals surface area contributed by atoms with Crippen LogP contribution in [0.25, 0.3) is 0 Å². The molecule has 0 aliphatic carbocycles. The Morgan fingerprint density at radius 2 is 1.24 bits per heavy atom. The summed E-state index contributed by atoms with van der Waals surface area (Å²) in [6.45, 7) is 1.06. The molecule has 0 aromatic heterocycles. The van der Waals surface area contributed by atoms with Crippen molar-refractivity contribution in [2.75, 3.05) is 0 Å². The van der Waals surface area contributed by atoms with Gasteiger partial charge in [0.1, 0.15) is 18.1 Å². The fourth-order valence-electron chi connectivity index (χ4n) is 2.39.